The van der Waals surface area contributed by atoms with Crippen LogP contribution < -0.4 is 24.3 Å². The second-order valence-electron chi connectivity index (χ2n) is 11.5. The van der Waals surface area contributed by atoms with Gasteiger partial charge in [0.05, 0.1) is 26.9 Å². The first-order chi connectivity index (χ1) is 23.0. The van der Waals surface area contributed by atoms with E-state index in [1.165, 1.54) is 0 Å². The molecule has 47 heavy (non-hydrogen) atoms. The zero-order chi connectivity index (χ0) is 32.3. The Kier molecular flexibility index (Phi) is 8.35. The molecule has 2 aromatic heterocycles. The molecular formula is C36H35N5O6. The van der Waals surface area contributed by atoms with Gasteiger partial charge in [0, 0.05) is 38.0 Å². The van der Waals surface area contributed by atoms with Crippen molar-refractivity contribution in [2.24, 2.45) is 0 Å². The van der Waals surface area contributed by atoms with Gasteiger partial charge in [-0.2, -0.15) is 5.10 Å². The van der Waals surface area contributed by atoms with Crippen LogP contribution in [0.2, 0.25) is 0 Å². The molecular weight excluding hydrogens is 598 g/mol. The fourth-order valence-electron chi connectivity index (χ4n) is 6.22. The average Bonchev–Trinajstić information content (AvgIpc) is 3.54. The Morgan fingerprint density at radius 1 is 0.957 bits per heavy atom. The number of hydrogen-bond acceptors (Lipinski definition) is 8. The summed E-state index contributed by atoms with van der Waals surface area (Å²) in [5.74, 6) is 2.63. The molecule has 3 aliphatic rings. The van der Waals surface area contributed by atoms with Crippen LogP contribution in [-0.4, -0.2) is 65.2 Å². The van der Waals surface area contributed by atoms with Crippen LogP contribution in [0.3, 0.4) is 0 Å². The Morgan fingerprint density at radius 3 is 2.70 bits per heavy atom. The van der Waals surface area contributed by atoms with Crippen molar-refractivity contribution in [2.75, 3.05) is 33.9 Å². The number of aromatic nitrogens is 3. The maximum absolute atomic E-state index is 14.2. The van der Waals surface area contributed by atoms with E-state index in [4.69, 9.17) is 18.9 Å². The van der Waals surface area contributed by atoms with Gasteiger partial charge in [0.1, 0.15) is 5.75 Å². The van der Waals surface area contributed by atoms with Crippen molar-refractivity contribution in [1.82, 2.24) is 24.8 Å². The second-order valence-corrected chi connectivity index (χ2v) is 11.5. The van der Waals surface area contributed by atoms with E-state index in [1.807, 2.05) is 59.5 Å². The van der Waals surface area contributed by atoms with Crippen LogP contribution in [0.5, 0.6) is 28.7 Å². The SMILES string of the molecule is COc1ccc2cc1OCCCNC(=O)CCc1cccc(c1)Oc1cc3c(cc1OC)C2N(C(=O)c1cc2ncccn2n1)CC3. The number of ether oxygens (including phenoxy) is 4. The summed E-state index contributed by atoms with van der Waals surface area (Å²) in [5, 5.41) is 7.52. The van der Waals surface area contributed by atoms with E-state index in [9.17, 15) is 9.59 Å². The number of hydrogen-bond donors (Lipinski definition) is 1. The third-order valence-electron chi connectivity index (χ3n) is 8.54. The van der Waals surface area contributed by atoms with Crippen molar-refractivity contribution in [3.05, 3.63) is 107 Å². The molecule has 0 fully saturated rings. The Hall–Kier alpha value is -5.58. The molecule has 0 saturated carbocycles. The zero-order valence-corrected chi connectivity index (χ0v) is 26.3. The van der Waals surface area contributed by atoms with Gasteiger partial charge in [0.2, 0.25) is 5.91 Å². The molecule has 3 aliphatic heterocycles. The first-order valence-electron chi connectivity index (χ1n) is 15.7. The topological polar surface area (TPSA) is 117 Å². The standard InChI is InChI=1S/C36H35N5O6/c1-44-29-10-9-25-20-31(29)46-17-5-14-38-34(42)11-8-23-6-3-7-26(18-23)47-32-19-24-12-16-40(35(25)27(24)21-30(32)45-2)36(43)28-22-33-37-13-4-15-41(33)39-28/h3-4,6-7,9-10,13,15,18-22,35H,5,8,11-12,14,16-17H2,1-2H3,(H,38,42). The van der Waals surface area contributed by atoms with Gasteiger partial charge >= 0.3 is 0 Å². The van der Waals surface area contributed by atoms with Crippen LogP contribution in [0.15, 0.2) is 79.1 Å². The third-order valence-corrected chi connectivity index (χ3v) is 8.54. The first-order valence-corrected chi connectivity index (χ1v) is 15.7. The molecule has 1 unspecified atom stereocenters. The minimum absolute atomic E-state index is 0.0247. The molecule has 11 heteroatoms. The fourth-order valence-corrected chi connectivity index (χ4v) is 6.22. The van der Waals surface area contributed by atoms with Gasteiger partial charge in [0.15, 0.2) is 34.3 Å². The van der Waals surface area contributed by atoms with Gasteiger partial charge in [-0.05, 0) is 84.0 Å². The summed E-state index contributed by atoms with van der Waals surface area (Å²) < 4.78 is 25.7. The molecule has 240 valence electrons. The van der Waals surface area contributed by atoms with Crippen molar-refractivity contribution in [2.45, 2.75) is 31.7 Å². The molecule has 0 spiro atoms. The summed E-state index contributed by atoms with van der Waals surface area (Å²) in [6, 6.07) is 20.4. The number of nitrogens with one attached hydrogen (secondary N) is 1. The maximum Gasteiger partial charge on any atom is 0.275 e. The highest BCUT2D eigenvalue weighted by Gasteiger charge is 2.35. The van der Waals surface area contributed by atoms with E-state index in [-0.39, 0.29) is 11.8 Å². The molecule has 0 aliphatic carbocycles. The summed E-state index contributed by atoms with van der Waals surface area (Å²) in [4.78, 5) is 33.0. The van der Waals surface area contributed by atoms with Crippen LogP contribution in [0.4, 0.5) is 0 Å². The summed E-state index contributed by atoms with van der Waals surface area (Å²) in [7, 11) is 3.20. The number of rotatable bonds is 3. The normalized spacial score (nSPS) is 16.5. The van der Waals surface area contributed by atoms with Gasteiger partial charge in [-0.3, -0.25) is 9.59 Å². The lowest BCUT2D eigenvalue weighted by atomic mass is 9.87. The minimum atomic E-state index is -0.492. The Morgan fingerprint density at radius 2 is 1.85 bits per heavy atom. The molecule has 11 nitrogen and oxygen atoms in total. The number of methoxy groups -OCH3 is 2. The van der Waals surface area contributed by atoms with Crippen LogP contribution in [0, 0.1) is 0 Å². The lowest BCUT2D eigenvalue weighted by Crippen LogP contribution is -2.41. The first kappa shape index (κ1) is 30.1. The third kappa shape index (κ3) is 6.16. The van der Waals surface area contributed by atoms with Gasteiger partial charge in [0.25, 0.3) is 5.91 Å². The molecule has 8 rings (SSSR count). The van der Waals surface area contributed by atoms with Crippen molar-refractivity contribution in [1.29, 1.82) is 0 Å². The van der Waals surface area contributed by atoms with E-state index in [2.05, 4.69) is 15.4 Å². The van der Waals surface area contributed by atoms with Crippen molar-refractivity contribution in [3.63, 3.8) is 0 Å². The van der Waals surface area contributed by atoms with E-state index < -0.39 is 6.04 Å². The van der Waals surface area contributed by atoms with E-state index in [0.717, 1.165) is 22.3 Å². The molecule has 0 radical (unpaired) electrons. The van der Waals surface area contributed by atoms with Crippen molar-refractivity contribution >= 4 is 17.5 Å². The highest BCUT2D eigenvalue weighted by molar-refractivity contribution is 5.94. The van der Waals surface area contributed by atoms with Gasteiger partial charge in [-0.15, -0.1) is 0 Å². The molecule has 0 saturated heterocycles. The summed E-state index contributed by atoms with van der Waals surface area (Å²) in [5.41, 5.74) is 4.67. The molecule has 1 atom stereocenters. The number of amides is 2. The van der Waals surface area contributed by atoms with Crippen LogP contribution in [0.1, 0.15) is 51.6 Å². The Balaban J connectivity index is 1.34. The average molecular weight is 634 g/mol. The number of fused-ring (bicyclic) bond motifs is 9. The lowest BCUT2D eigenvalue weighted by molar-refractivity contribution is -0.121. The minimum Gasteiger partial charge on any atom is -0.493 e. The molecule has 1 N–H and O–H groups in total. The quantitative estimate of drug-likeness (QED) is 0.290. The van der Waals surface area contributed by atoms with E-state index in [1.54, 1.807) is 43.3 Å². The fraction of sp³-hybridized carbons (Fsp3) is 0.278. The van der Waals surface area contributed by atoms with Crippen LogP contribution in [0.25, 0.3) is 5.65 Å². The van der Waals surface area contributed by atoms with E-state index in [0.29, 0.717) is 85.5 Å². The number of carbonyl (C=O) groups excluding carboxylic acids is 2. The smallest absolute Gasteiger partial charge is 0.275 e. The summed E-state index contributed by atoms with van der Waals surface area (Å²) >= 11 is 0. The zero-order valence-electron chi connectivity index (χ0n) is 26.3. The van der Waals surface area contributed by atoms with E-state index >= 15 is 0 Å². The van der Waals surface area contributed by atoms with Crippen molar-refractivity contribution < 1.29 is 28.5 Å². The number of carbonyl (C=O) groups is 2. The summed E-state index contributed by atoms with van der Waals surface area (Å²) in [6.45, 7) is 1.30. The number of aryl methyl sites for hydroxylation is 1. The van der Waals surface area contributed by atoms with Gasteiger partial charge in [-0.25, -0.2) is 9.50 Å². The second kappa shape index (κ2) is 13.0. The molecule has 3 aromatic carbocycles. The molecule has 5 heterocycles. The largest absolute Gasteiger partial charge is 0.493 e. The highest BCUT2D eigenvalue weighted by atomic mass is 16.5. The molecule has 8 bridgehead atoms. The Labute approximate surface area is 272 Å². The predicted molar refractivity (Wildman–Crippen MR) is 174 cm³/mol. The Bertz CT molecular complexity index is 1920. The van der Waals surface area contributed by atoms with Crippen molar-refractivity contribution in [3.8, 4) is 28.7 Å². The molecule has 5 aromatic rings. The van der Waals surface area contributed by atoms with Gasteiger partial charge < -0.3 is 29.2 Å². The maximum atomic E-state index is 14.2. The van der Waals surface area contributed by atoms with Crippen LogP contribution in [-0.2, 0) is 17.6 Å². The molecule has 2 amide bonds. The number of nitrogens with zero attached hydrogens (tertiary/aromatic N) is 4. The monoisotopic (exact) mass is 633 g/mol. The number of benzene rings is 3. The van der Waals surface area contributed by atoms with Gasteiger partial charge in [-0.1, -0.05) is 18.2 Å². The highest BCUT2D eigenvalue weighted by Crippen LogP contribution is 2.44. The lowest BCUT2D eigenvalue weighted by Gasteiger charge is -2.38. The van der Waals surface area contributed by atoms with Crippen LogP contribution >= 0.6 is 0 Å². The summed E-state index contributed by atoms with van der Waals surface area (Å²) in [6.07, 6.45) is 5.60. The predicted octanol–water partition coefficient (Wildman–Crippen LogP) is 5.16.